The highest BCUT2D eigenvalue weighted by atomic mass is 15.1. The van der Waals surface area contributed by atoms with Crippen LogP contribution >= 0.6 is 0 Å². The third-order valence-electron chi connectivity index (χ3n) is 1.84. The van der Waals surface area contributed by atoms with Gasteiger partial charge in [0.1, 0.15) is 0 Å². The Labute approximate surface area is 76.6 Å². The van der Waals surface area contributed by atoms with Crippen molar-refractivity contribution in [3.05, 3.63) is 12.3 Å². The Bertz CT molecular complexity index is 121. The Balaban J connectivity index is 3.56. The Morgan fingerprint density at radius 1 is 1.33 bits per heavy atom. The van der Waals surface area contributed by atoms with Gasteiger partial charge < -0.3 is 10.2 Å². The summed E-state index contributed by atoms with van der Waals surface area (Å²) in [6, 6.07) is 0. The second kappa shape index (κ2) is 7.17. The van der Waals surface area contributed by atoms with Crippen LogP contribution in [0.5, 0.6) is 0 Å². The number of nitrogens with one attached hydrogen (secondary N) is 1. The van der Waals surface area contributed by atoms with Crippen molar-refractivity contribution in [2.24, 2.45) is 0 Å². The summed E-state index contributed by atoms with van der Waals surface area (Å²) in [7, 11) is 0. The van der Waals surface area contributed by atoms with E-state index in [1.165, 1.54) is 12.1 Å². The van der Waals surface area contributed by atoms with E-state index in [0.29, 0.717) is 0 Å². The summed E-state index contributed by atoms with van der Waals surface area (Å²) in [5.74, 6) is 0. The van der Waals surface area contributed by atoms with E-state index in [9.17, 15) is 0 Å². The second-order valence-corrected chi connectivity index (χ2v) is 3.08. The number of hydrogen-bond donors (Lipinski definition) is 1. The first-order chi connectivity index (χ1) is 5.72. The van der Waals surface area contributed by atoms with Gasteiger partial charge in [0.15, 0.2) is 0 Å². The van der Waals surface area contributed by atoms with E-state index in [1.54, 1.807) is 0 Å². The number of likely N-dealkylation sites (N-methyl/N-ethyl adjacent to an activating group) is 1. The first-order valence-electron chi connectivity index (χ1n) is 4.83. The van der Waals surface area contributed by atoms with Crippen molar-refractivity contribution in [3.63, 3.8) is 0 Å². The molecule has 0 aliphatic rings. The van der Waals surface area contributed by atoms with Gasteiger partial charge in [0.05, 0.1) is 0 Å². The number of hydrogen-bond acceptors (Lipinski definition) is 2. The van der Waals surface area contributed by atoms with Crippen molar-refractivity contribution in [2.45, 2.75) is 27.2 Å². The van der Waals surface area contributed by atoms with Crippen LogP contribution in [0.3, 0.4) is 0 Å². The van der Waals surface area contributed by atoms with E-state index >= 15 is 0 Å². The third kappa shape index (κ3) is 5.19. The van der Waals surface area contributed by atoms with Gasteiger partial charge in [-0.1, -0.05) is 20.4 Å². The van der Waals surface area contributed by atoms with Gasteiger partial charge >= 0.3 is 0 Å². The SMILES string of the molecule is C=C(C)N(CCC)CCNCC. The van der Waals surface area contributed by atoms with Gasteiger partial charge in [0.2, 0.25) is 0 Å². The maximum atomic E-state index is 3.95. The van der Waals surface area contributed by atoms with E-state index in [2.05, 4.69) is 37.6 Å². The van der Waals surface area contributed by atoms with Crippen LogP contribution in [0.2, 0.25) is 0 Å². The normalized spacial score (nSPS) is 9.92. The molecule has 0 unspecified atom stereocenters. The summed E-state index contributed by atoms with van der Waals surface area (Å²) in [6.45, 7) is 14.7. The zero-order valence-corrected chi connectivity index (χ0v) is 8.69. The molecule has 0 bridgehead atoms. The van der Waals surface area contributed by atoms with E-state index in [0.717, 1.165) is 26.2 Å². The van der Waals surface area contributed by atoms with E-state index in [1.807, 2.05) is 0 Å². The largest absolute Gasteiger partial charge is 0.374 e. The maximum Gasteiger partial charge on any atom is 0.0299 e. The minimum absolute atomic E-state index is 1.05. The smallest absolute Gasteiger partial charge is 0.0299 e. The lowest BCUT2D eigenvalue weighted by atomic mass is 10.3. The topological polar surface area (TPSA) is 15.3 Å². The minimum atomic E-state index is 1.05. The summed E-state index contributed by atoms with van der Waals surface area (Å²) in [6.07, 6.45) is 1.19. The molecule has 0 rings (SSSR count). The molecule has 0 saturated carbocycles. The molecule has 0 fully saturated rings. The minimum Gasteiger partial charge on any atom is -0.374 e. The van der Waals surface area contributed by atoms with Crippen LogP contribution in [0.15, 0.2) is 12.3 Å². The first kappa shape index (κ1) is 11.5. The van der Waals surface area contributed by atoms with Gasteiger partial charge in [-0.2, -0.15) is 0 Å². The molecule has 1 N–H and O–H groups in total. The Hall–Kier alpha value is -0.500. The monoisotopic (exact) mass is 170 g/mol. The second-order valence-electron chi connectivity index (χ2n) is 3.08. The van der Waals surface area contributed by atoms with Gasteiger partial charge in [-0.3, -0.25) is 0 Å². The predicted molar refractivity (Wildman–Crippen MR) is 55.2 cm³/mol. The molecule has 0 heterocycles. The average molecular weight is 170 g/mol. The highest BCUT2D eigenvalue weighted by molar-refractivity contribution is 4.88. The molecule has 0 aliphatic carbocycles. The van der Waals surface area contributed by atoms with Crippen LogP contribution in [-0.2, 0) is 0 Å². The molecule has 72 valence electrons. The zero-order valence-electron chi connectivity index (χ0n) is 8.69. The molecule has 0 saturated heterocycles. The van der Waals surface area contributed by atoms with Gasteiger partial charge in [0.25, 0.3) is 0 Å². The lowest BCUT2D eigenvalue weighted by molar-refractivity contribution is 0.344. The molecular formula is C10H22N2. The summed E-state index contributed by atoms with van der Waals surface area (Å²) >= 11 is 0. The molecule has 0 amide bonds. The van der Waals surface area contributed by atoms with Crippen molar-refractivity contribution in [1.82, 2.24) is 10.2 Å². The molecule has 0 aromatic carbocycles. The van der Waals surface area contributed by atoms with Gasteiger partial charge in [-0.05, 0) is 19.9 Å². The highest BCUT2D eigenvalue weighted by Crippen LogP contribution is 1.99. The molecule has 12 heavy (non-hydrogen) atoms. The molecule has 0 aromatic heterocycles. The van der Waals surface area contributed by atoms with Gasteiger partial charge in [0, 0.05) is 25.3 Å². The molecule has 0 aromatic rings. The Morgan fingerprint density at radius 3 is 2.42 bits per heavy atom. The molecule has 0 atom stereocenters. The molecule has 0 aliphatic heterocycles. The van der Waals surface area contributed by atoms with E-state index in [-0.39, 0.29) is 0 Å². The fraction of sp³-hybridized carbons (Fsp3) is 0.800. The van der Waals surface area contributed by atoms with Crippen LogP contribution in [-0.4, -0.2) is 31.1 Å². The van der Waals surface area contributed by atoms with Crippen LogP contribution in [0, 0.1) is 0 Å². The lowest BCUT2D eigenvalue weighted by Crippen LogP contribution is -2.31. The summed E-state index contributed by atoms with van der Waals surface area (Å²) in [5.41, 5.74) is 1.18. The van der Waals surface area contributed by atoms with Gasteiger partial charge in [-0.25, -0.2) is 0 Å². The van der Waals surface area contributed by atoms with Gasteiger partial charge in [-0.15, -0.1) is 0 Å². The number of allylic oxidation sites excluding steroid dienone is 1. The fourth-order valence-electron chi connectivity index (χ4n) is 1.15. The van der Waals surface area contributed by atoms with Crippen LogP contribution in [0.25, 0.3) is 0 Å². The molecular weight excluding hydrogens is 148 g/mol. The van der Waals surface area contributed by atoms with E-state index < -0.39 is 0 Å². The summed E-state index contributed by atoms with van der Waals surface area (Å²) < 4.78 is 0. The van der Waals surface area contributed by atoms with Crippen molar-refractivity contribution < 1.29 is 0 Å². The number of rotatable bonds is 7. The lowest BCUT2D eigenvalue weighted by Gasteiger charge is -2.24. The van der Waals surface area contributed by atoms with Crippen LogP contribution < -0.4 is 5.32 Å². The predicted octanol–water partition coefficient (Wildman–Crippen LogP) is 1.84. The van der Waals surface area contributed by atoms with Crippen LogP contribution in [0.4, 0.5) is 0 Å². The quantitative estimate of drug-likeness (QED) is 0.587. The standard InChI is InChI=1S/C10H22N2/c1-5-8-12(10(3)4)9-7-11-6-2/h11H,3,5-9H2,1-2,4H3. The molecule has 0 radical (unpaired) electrons. The Kier molecular flexibility index (Phi) is 6.87. The molecule has 2 nitrogen and oxygen atoms in total. The Morgan fingerprint density at radius 2 is 2.00 bits per heavy atom. The average Bonchev–Trinajstić information content (AvgIpc) is 2.03. The summed E-state index contributed by atoms with van der Waals surface area (Å²) in [5, 5.41) is 3.31. The highest BCUT2D eigenvalue weighted by Gasteiger charge is 2.00. The number of nitrogens with zero attached hydrogens (tertiary/aromatic N) is 1. The summed E-state index contributed by atoms with van der Waals surface area (Å²) in [4.78, 5) is 2.32. The van der Waals surface area contributed by atoms with Crippen molar-refractivity contribution >= 4 is 0 Å². The maximum absolute atomic E-state index is 3.95. The fourth-order valence-corrected chi connectivity index (χ4v) is 1.15. The van der Waals surface area contributed by atoms with Crippen molar-refractivity contribution in [1.29, 1.82) is 0 Å². The molecule has 2 heteroatoms. The van der Waals surface area contributed by atoms with Crippen LogP contribution in [0.1, 0.15) is 27.2 Å². The first-order valence-corrected chi connectivity index (χ1v) is 4.83. The van der Waals surface area contributed by atoms with Crippen molar-refractivity contribution in [2.75, 3.05) is 26.2 Å². The van der Waals surface area contributed by atoms with E-state index in [4.69, 9.17) is 0 Å². The zero-order chi connectivity index (χ0) is 9.40. The third-order valence-corrected chi connectivity index (χ3v) is 1.84. The van der Waals surface area contributed by atoms with Crippen molar-refractivity contribution in [3.8, 4) is 0 Å². The molecule has 0 spiro atoms.